The molecule has 1 aliphatic rings. The standard InChI is InChI=1S/C17H27BrN2S/c1-4-15(19)11-13-5-6-14(18)12-16(13)20-8-7-17(2,3)21-10-9-20/h5-6,12,15H,4,7-11,19H2,1-3H3. The average Bonchev–Trinajstić information content (AvgIpc) is 2.61. The molecule has 1 aromatic rings. The quantitative estimate of drug-likeness (QED) is 0.848. The summed E-state index contributed by atoms with van der Waals surface area (Å²) in [6, 6.07) is 6.89. The zero-order valence-electron chi connectivity index (χ0n) is 13.4. The fourth-order valence-corrected chi connectivity index (χ4v) is 4.14. The van der Waals surface area contributed by atoms with Crippen LogP contribution in [-0.2, 0) is 6.42 Å². The first-order chi connectivity index (χ1) is 9.91. The first-order valence-corrected chi connectivity index (χ1v) is 9.62. The molecule has 2 nitrogen and oxygen atoms in total. The van der Waals surface area contributed by atoms with E-state index in [9.17, 15) is 0 Å². The van der Waals surface area contributed by atoms with Crippen molar-refractivity contribution in [1.82, 2.24) is 0 Å². The van der Waals surface area contributed by atoms with Crippen molar-refractivity contribution in [1.29, 1.82) is 0 Å². The molecule has 1 atom stereocenters. The van der Waals surface area contributed by atoms with Crippen molar-refractivity contribution in [3.05, 3.63) is 28.2 Å². The smallest absolute Gasteiger partial charge is 0.0410 e. The summed E-state index contributed by atoms with van der Waals surface area (Å²) in [7, 11) is 0. The van der Waals surface area contributed by atoms with Crippen molar-refractivity contribution in [3.63, 3.8) is 0 Å². The Morgan fingerprint density at radius 1 is 1.38 bits per heavy atom. The van der Waals surface area contributed by atoms with Crippen molar-refractivity contribution >= 4 is 33.4 Å². The zero-order chi connectivity index (χ0) is 15.5. The molecule has 1 heterocycles. The zero-order valence-corrected chi connectivity index (χ0v) is 15.8. The van der Waals surface area contributed by atoms with Gasteiger partial charge in [0.25, 0.3) is 0 Å². The van der Waals surface area contributed by atoms with Crippen molar-refractivity contribution < 1.29 is 0 Å². The van der Waals surface area contributed by atoms with Crippen LogP contribution >= 0.6 is 27.7 Å². The normalized spacial score (nSPS) is 20.1. The number of halogens is 1. The maximum Gasteiger partial charge on any atom is 0.0410 e. The van der Waals surface area contributed by atoms with E-state index in [1.165, 1.54) is 23.4 Å². The van der Waals surface area contributed by atoms with E-state index >= 15 is 0 Å². The molecule has 1 fully saturated rings. The Hall–Kier alpha value is -0.190. The van der Waals surface area contributed by atoms with E-state index < -0.39 is 0 Å². The minimum atomic E-state index is 0.253. The highest BCUT2D eigenvalue weighted by Gasteiger charge is 2.25. The lowest BCUT2D eigenvalue weighted by atomic mass is 10.0. The highest BCUT2D eigenvalue weighted by Crippen LogP contribution is 2.34. The number of nitrogens with two attached hydrogens (primary N) is 1. The van der Waals surface area contributed by atoms with E-state index in [2.05, 4.69) is 71.6 Å². The molecule has 21 heavy (non-hydrogen) atoms. The summed E-state index contributed by atoms with van der Waals surface area (Å²) in [5, 5.41) is 0. The van der Waals surface area contributed by atoms with Gasteiger partial charge in [0.15, 0.2) is 0 Å². The molecule has 118 valence electrons. The van der Waals surface area contributed by atoms with E-state index in [-0.39, 0.29) is 6.04 Å². The van der Waals surface area contributed by atoms with Gasteiger partial charge in [0.2, 0.25) is 0 Å². The summed E-state index contributed by atoms with van der Waals surface area (Å²) >= 11 is 5.72. The Balaban J connectivity index is 2.22. The number of thioether (sulfide) groups is 1. The lowest BCUT2D eigenvalue weighted by Gasteiger charge is -2.27. The third-order valence-corrected chi connectivity index (χ3v) is 6.10. The SMILES string of the molecule is CCC(N)Cc1ccc(Br)cc1N1CCSC(C)(C)CC1. The van der Waals surface area contributed by atoms with Gasteiger partial charge >= 0.3 is 0 Å². The van der Waals surface area contributed by atoms with Gasteiger partial charge in [-0.25, -0.2) is 0 Å². The lowest BCUT2D eigenvalue weighted by molar-refractivity contribution is 0.628. The van der Waals surface area contributed by atoms with Crippen LogP contribution in [0.5, 0.6) is 0 Å². The van der Waals surface area contributed by atoms with Crippen LogP contribution in [0.25, 0.3) is 0 Å². The van der Waals surface area contributed by atoms with Gasteiger partial charge in [-0.15, -0.1) is 0 Å². The van der Waals surface area contributed by atoms with Gasteiger partial charge < -0.3 is 10.6 Å². The minimum Gasteiger partial charge on any atom is -0.370 e. The fourth-order valence-electron chi connectivity index (χ4n) is 2.69. The molecule has 1 saturated heterocycles. The van der Waals surface area contributed by atoms with Gasteiger partial charge in [-0.1, -0.05) is 42.8 Å². The van der Waals surface area contributed by atoms with Gasteiger partial charge in [0, 0.05) is 39.8 Å². The van der Waals surface area contributed by atoms with Crippen LogP contribution in [0.15, 0.2) is 22.7 Å². The molecule has 0 saturated carbocycles. The summed E-state index contributed by atoms with van der Waals surface area (Å²) in [5.74, 6) is 1.19. The summed E-state index contributed by atoms with van der Waals surface area (Å²) in [6.45, 7) is 9.13. The van der Waals surface area contributed by atoms with Crippen molar-refractivity contribution in [3.8, 4) is 0 Å². The highest BCUT2D eigenvalue weighted by molar-refractivity contribution is 9.10. The molecule has 2 N–H and O–H groups in total. The first kappa shape index (κ1) is 17.2. The Morgan fingerprint density at radius 3 is 2.86 bits per heavy atom. The molecule has 0 aromatic heterocycles. The van der Waals surface area contributed by atoms with Crippen LogP contribution in [-0.4, -0.2) is 29.6 Å². The van der Waals surface area contributed by atoms with E-state index in [1.807, 2.05) is 0 Å². The number of anilines is 1. The number of benzene rings is 1. The number of nitrogens with zero attached hydrogens (tertiary/aromatic N) is 1. The molecule has 0 bridgehead atoms. The first-order valence-electron chi connectivity index (χ1n) is 7.84. The Bertz CT molecular complexity index is 476. The van der Waals surface area contributed by atoms with Gasteiger partial charge in [-0.05, 0) is 37.0 Å². The topological polar surface area (TPSA) is 29.3 Å². The predicted molar refractivity (Wildman–Crippen MR) is 99.5 cm³/mol. The lowest BCUT2D eigenvalue weighted by Crippen LogP contribution is -2.29. The predicted octanol–water partition coefficient (Wildman–Crippen LogP) is 4.45. The van der Waals surface area contributed by atoms with Gasteiger partial charge in [-0.3, -0.25) is 0 Å². The van der Waals surface area contributed by atoms with Gasteiger partial charge in [-0.2, -0.15) is 11.8 Å². The van der Waals surface area contributed by atoms with Gasteiger partial charge in [0.1, 0.15) is 0 Å². The number of hydrogen-bond donors (Lipinski definition) is 1. The van der Waals surface area contributed by atoms with Gasteiger partial charge in [0.05, 0.1) is 0 Å². The third-order valence-electron chi connectivity index (χ3n) is 4.23. The average molecular weight is 371 g/mol. The molecule has 4 heteroatoms. The largest absolute Gasteiger partial charge is 0.370 e. The van der Waals surface area contributed by atoms with Crippen LogP contribution < -0.4 is 10.6 Å². The van der Waals surface area contributed by atoms with E-state index in [0.29, 0.717) is 4.75 Å². The Labute approximate surface area is 142 Å². The molecule has 1 aliphatic heterocycles. The molecule has 0 amide bonds. The number of rotatable bonds is 4. The summed E-state index contributed by atoms with van der Waals surface area (Å²) < 4.78 is 1.54. The summed E-state index contributed by atoms with van der Waals surface area (Å²) in [4.78, 5) is 2.55. The van der Waals surface area contributed by atoms with Crippen molar-refractivity contribution in [2.45, 2.75) is 50.8 Å². The molecule has 2 rings (SSSR count). The highest BCUT2D eigenvalue weighted by atomic mass is 79.9. The maximum absolute atomic E-state index is 6.18. The molecule has 0 radical (unpaired) electrons. The van der Waals surface area contributed by atoms with Crippen molar-refractivity contribution in [2.75, 3.05) is 23.7 Å². The van der Waals surface area contributed by atoms with Crippen LogP contribution in [0.4, 0.5) is 5.69 Å². The Kier molecular flexibility index (Phi) is 6.04. The Morgan fingerprint density at radius 2 is 2.14 bits per heavy atom. The fraction of sp³-hybridized carbons (Fsp3) is 0.647. The molecular formula is C17H27BrN2S. The molecule has 1 unspecified atom stereocenters. The van der Waals surface area contributed by atoms with Crippen molar-refractivity contribution in [2.24, 2.45) is 5.73 Å². The minimum absolute atomic E-state index is 0.253. The monoisotopic (exact) mass is 370 g/mol. The van der Waals surface area contributed by atoms with Crippen LogP contribution in [0.1, 0.15) is 39.2 Å². The van der Waals surface area contributed by atoms with Crippen LogP contribution in [0, 0.1) is 0 Å². The molecule has 1 aromatic carbocycles. The molecular weight excluding hydrogens is 344 g/mol. The third kappa shape index (κ3) is 4.90. The second-order valence-corrected chi connectivity index (χ2v) is 9.21. The molecule has 0 spiro atoms. The van der Waals surface area contributed by atoms with E-state index in [0.717, 1.165) is 30.4 Å². The van der Waals surface area contributed by atoms with E-state index in [4.69, 9.17) is 5.73 Å². The summed E-state index contributed by atoms with van der Waals surface area (Å²) in [5.41, 5.74) is 8.93. The van der Waals surface area contributed by atoms with Crippen LogP contribution in [0.3, 0.4) is 0 Å². The van der Waals surface area contributed by atoms with Crippen LogP contribution in [0.2, 0.25) is 0 Å². The second-order valence-electron chi connectivity index (χ2n) is 6.49. The second kappa shape index (κ2) is 7.38. The number of hydrogen-bond acceptors (Lipinski definition) is 3. The maximum atomic E-state index is 6.18. The summed E-state index contributed by atoms with van der Waals surface area (Å²) in [6.07, 6.45) is 3.22. The molecule has 0 aliphatic carbocycles. The van der Waals surface area contributed by atoms with E-state index in [1.54, 1.807) is 0 Å².